The van der Waals surface area contributed by atoms with Gasteiger partial charge >= 0.3 is 0 Å². The van der Waals surface area contributed by atoms with Crippen LogP contribution in [0.25, 0.3) is 0 Å². The first-order valence-corrected chi connectivity index (χ1v) is 9.62. The Hall–Kier alpha value is -2.58. The number of carbonyl (C=O) groups excluding carboxylic acids is 1. The normalized spacial score (nSPS) is 11.0. The van der Waals surface area contributed by atoms with Crippen molar-refractivity contribution in [3.05, 3.63) is 59.7 Å². The van der Waals surface area contributed by atoms with Crippen LogP contribution in [0.15, 0.2) is 48.5 Å². The Bertz CT molecular complexity index is 838. The minimum atomic E-state index is -3.45. The first-order valence-electron chi connectivity index (χ1n) is 7.96. The number of benzene rings is 2. The van der Waals surface area contributed by atoms with E-state index in [0.717, 1.165) is 0 Å². The molecule has 0 bridgehead atoms. The number of amides is 1. The van der Waals surface area contributed by atoms with Crippen molar-refractivity contribution in [1.82, 2.24) is 10.0 Å². The fourth-order valence-electron chi connectivity index (χ4n) is 2.31. The molecule has 2 aromatic carbocycles. The average Bonchev–Trinajstić information content (AvgIpc) is 2.64. The van der Waals surface area contributed by atoms with E-state index in [0.29, 0.717) is 22.6 Å². The van der Waals surface area contributed by atoms with E-state index in [1.54, 1.807) is 42.5 Å². The number of rotatable bonds is 9. The van der Waals surface area contributed by atoms with Gasteiger partial charge in [0.05, 0.1) is 20.0 Å². The third-order valence-electron chi connectivity index (χ3n) is 3.58. The van der Waals surface area contributed by atoms with Crippen LogP contribution in [0, 0.1) is 0 Å². The Balaban J connectivity index is 1.83. The van der Waals surface area contributed by atoms with Crippen LogP contribution in [-0.4, -0.2) is 41.6 Å². The summed E-state index contributed by atoms with van der Waals surface area (Å²) in [6, 6.07) is 13.7. The number of methoxy groups -OCH3 is 2. The van der Waals surface area contributed by atoms with E-state index in [-0.39, 0.29) is 24.7 Å². The van der Waals surface area contributed by atoms with Crippen molar-refractivity contribution in [3.8, 4) is 11.5 Å². The zero-order valence-corrected chi connectivity index (χ0v) is 15.5. The lowest BCUT2D eigenvalue weighted by Gasteiger charge is -2.10. The molecular weight excluding hydrogens is 356 g/mol. The summed E-state index contributed by atoms with van der Waals surface area (Å²) in [5.41, 5.74) is 1.10. The van der Waals surface area contributed by atoms with Crippen LogP contribution in [0.1, 0.15) is 15.9 Å². The Kier molecular flexibility index (Phi) is 6.99. The van der Waals surface area contributed by atoms with Gasteiger partial charge in [-0.05, 0) is 23.8 Å². The van der Waals surface area contributed by atoms with Crippen LogP contribution in [-0.2, 0) is 15.8 Å². The maximum Gasteiger partial charge on any atom is 0.251 e. The highest BCUT2D eigenvalue weighted by Crippen LogP contribution is 2.27. The number of hydrogen-bond acceptors (Lipinski definition) is 5. The molecule has 7 nitrogen and oxygen atoms in total. The van der Waals surface area contributed by atoms with Gasteiger partial charge in [0, 0.05) is 18.7 Å². The Morgan fingerprint density at radius 2 is 1.65 bits per heavy atom. The molecular formula is C18H22N2O5S. The molecule has 0 spiro atoms. The van der Waals surface area contributed by atoms with Crippen LogP contribution in [0.3, 0.4) is 0 Å². The third-order valence-corrected chi connectivity index (χ3v) is 4.94. The summed E-state index contributed by atoms with van der Waals surface area (Å²) in [6.07, 6.45) is 0. The summed E-state index contributed by atoms with van der Waals surface area (Å²) in [5, 5.41) is 2.66. The Morgan fingerprint density at radius 1 is 0.962 bits per heavy atom. The van der Waals surface area contributed by atoms with Gasteiger partial charge in [0.2, 0.25) is 10.0 Å². The third kappa shape index (κ3) is 5.75. The molecule has 0 aromatic heterocycles. The van der Waals surface area contributed by atoms with Gasteiger partial charge in [-0.2, -0.15) is 0 Å². The van der Waals surface area contributed by atoms with Gasteiger partial charge in [-0.1, -0.05) is 30.3 Å². The molecule has 0 saturated carbocycles. The van der Waals surface area contributed by atoms with Crippen LogP contribution < -0.4 is 19.5 Å². The fraction of sp³-hybridized carbons (Fsp3) is 0.278. The van der Waals surface area contributed by atoms with E-state index in [2.05, 4.69) is 10.0 Å². The van der Waals surface area contributed by atoms with Crippen molar-refractivity contribution in [1.29, 1.82) is 0 Å². The van der Waals surface area contributed by atoms with Crippen LogP contribution in [0.2, 0.25) is 0 Å². The largest absolute Gasteiger partial charge is 0.493 e. The van der Waals surface area contributed by atoms with Gasteiger partial charge in [0.25, 0.3) is 5.91 Å². The maximum absolute atomic E-state index is 12.1. The zero-order chi connectivity index (χ0) is 19.0. The van der Waals surface area contributed by atoms with Crippen molar-refractivity contribution in [2.45, 2.75) is 5.75 Å². The van der Waals surface area contributed by atoms with Gasteiger partial charge in [-0.15, -0.1) is 0 Å². The summed E-state index contributed by atoms with van der Waals surface area (Å²) in [7, 11) is -0.455. The van der Waals surface area contributed by atoms with E-state index in [4.69, 9.17) is 9.47 Å². The second kappa shape index (κ2) is 9.21. The van der Waals surface area contributed by atoms with Gasteiger partial charge in [0.1, 0.15) is 0 Å². The van der Waals surface area contributed by atoms with Gasteiger partial charge in [-0.3, -0.25) is 4.79 Å². The Morgan fingerprint density at radius 3 is 2.31 bits per heavy atom. The van der Waals surface area contributed by atoms with E-state index < -0.39 is 10.0 Å². The topological polar surface area (TPSA) is 93.7 Å². The minimum absolute atomic E-state index is 0.0997. The second-order valence-corrected chi connectivity index (χ2v) is 7.27. The van der Waals surface area contributed by atoms with E-state index in [1.807, 2.05) is 6.07 Å². The molecule has 0 fully saturated rings. The van der Waals surface area contributed by atoms with Gasteiger partial charge < -0.3 is 14.8 Å². The molecule has 0 aliphatic carbocycles. The predicted octanol–water partition coefficient (Wildman–Crippen LogP) is 1.55. The van der Waals surface area contributed by atoms with Gasteiger partial charge in [0.15, 0.2) is 11.5 Å². The highest BCUT2D eigenvalue weighted by Gasteiger charge is 2.12. The average molecular weight is 378 g/mol. The molecule has 140 valence electrons. The van der Waals surface area contributed by atoms with Crippen LogP contribution in [0.5, 0.6) is 11.5 Å². The molecule has 0 saturated heterocycles. The van der Waals surface area contributed by atoms with Crippen LogP contribution >= 0.6 is 0 Å². The molecule has 0 radical (unpaired) electrons. The van der Waals surface area contributed by atoms with E-state index in [9.17, 15) is 13.2 Å². The molecule has 1 amide bonds. The quantitative estimate of drug-likeness (QED) is 0.646. The monoisotopic (exact) mass is 378 g/mol. The first kappa shape index (κ1) is 19.7. The number of carbonyl (C=O) groups is 1. The maximum atomic E-state index is 12.1. The second-order valence-electron chi connectivity index (χ2n) is 5.46. The molecule has 2 N–H and O–H groups in total. The standard InChI is InChI=1S/C18H22N2O5S/c1-24-16-9-8-15(12-17(16)25-2)18(21)19-10-11-20-26(22,23)13-14-6-4-3-5-7-14/h3-9,12,20H,10-11,13H2,1-2H3,(H,19,21). The lowest BCUT2D eigenvalue weighted by molar-refractivity contribution is 0.0954. The lowest BCUT2D eigenvalue weighted by Crippen LogP contribution is -2.35. The predicted molar refractivity (Wildman–Crippen MR) is 98.9 cm³/mol. The highest BCUT2D eigenvalue weighted by atomic mass is 32.2. The van der Waals surface area contributed by atoms with E-state index >= 15 is 0 Å². The van der Waals surface area contributed by atoms with Crippen molar-refractivity contribution >= 4 is 15.9 Å². The highest BCUT2D eigenvalue weighted by molar-refractivity contribution is 7.88. The summed E-state index contributed by atoms with van der Waals surface area (Å²) in [6.45, 7) is 0.273. The molecule has 0 heterocycles. The van der Waals surface area contributed by atoms with Crippen molar-refractivity contribution in [2.75, 3.05) is 27.3 Å². The number of hydrogen-bond donors (Lipinski definition) is 2. The molecule has 2 aromatic rings. The zero-order valence-electron chi connectivity index (χ0n) is 14.7. The molecule has 0 unspecified atom stereocenters. The number of ether oxygens (including phenoxy) is 2. The minimum Gasteiger partial charge on any atom is -0.493 e. The van der Waals surface area contributed by atoms with Crippen molar-refractivity contribution in [2.24, 2.45) is 0 Å². The molecule has 0 aliphatic rings. The Labute approximate surface area is 153 Å². The molecule has 0 aliphatic heterocycles. The summed E-state index contributed by atoms with van der Waals surface area (Å²) in [5.74, 6) is 0.548. The smallest absolute Gasteiger partial charge is 0.251 e. The summed E-state index contributed by atoms with van der Waals surface area (Å²) < 4.78 is 36.8. The molecule has 26 heavy (non-hydrogen) atoms. The van der Waals surface area contributed by atoms with Crippen molar-refractivity contribution in [3.63, 3.8) is 0 Å². The van der Waals surface area contributed by atoms with Crippen LogP contribution in [0.4, 0.5) is 0 Å². The van der Waals surface area contributed by atoms with E-state index in [1.165, 1.54) is 14.2 Å². The number of nitrogens with one attached hydrogen (secondary N) is 2. The summed E-state index contributed by atoms with van der Waals surface area (Å²) in [4.78, 5) is 12.1. The van der Waals surface area contributed by atoms with Crippen molar-refractivity contribution < 1.29 is 22.7 Å². The molecule has 0 atom stereocenters. The van der Waals surface area contributed by atoms with Gasteiger partial charge in [-0.25, -0.2) is 13.1 Å². The molecule has 8 heteroatoms. The SMILES string of the molecule is COc1ccc(C(=O)NCCNS(=O)(=O)Cc2ccccc2)cc1OC. The summed E-state index contributed by atoms with van der Waals surface area (Å²) >= 11 is 0. The lowest BCUT2D eigenvalue weighted by atomic mass is 10.2. The fourth-order valence-corrected chi connectivity index (χ4v) is 3.45. The number of sulfonamides is 1. The molecule has 2 rings (SSSR count). The first-order chi connectivity index (χ1) is 12.4.